The number of carbonyl (C=O) groups excluding carboxylic acids is 2. The van der Waals surface area contributed by atoms with Crippen molar-refractivity contribution in [3.05, 3.63) is 23.3 Å². The minimum absolute atomic E-state index is 0.0547. The molecule has 0 bridgehead atoms. The molecule has 6 saturated carbocycles. The topological polar surface area (TPSA) is 74.6 Å². The molecule has 0 unspecified atom stereocenters. The van der Waals surface area contributed by atoms with Gasteiger partial charge in [0.2, 0.25) is 0 Å². The zero-order chi connectivity index (χ0) is 34.0. The predicted octanol–water partition coefficient (Wildman–Crippen LogP) is 9.38. The normalized spacial score (nSPS) is 54.0. The highest BCUT2D eigenvalue weighted by Crippen LogP contribution is 2.71. The lowest BCUT2D eigenvalue weighted by molar-refractivity contribution is -0.128. The molecule has 16 atom stereocenters. The molecule has 0 saturated heterocycles. The number of allylic oxidation sites excluding steroid dienone is 2. The first-order chi connectivity index (χ1) is 22.7. The molecule has 266 valence electrons. The summed E-state index contributed by atoms with van der Waals surface area (Å²) in [6.45, 7) is 13.7. The molecular weight excluding hydrogens is 633 g/mol. The van der Waals surface area contributed by atoms with E-state index in [1.165, 1.54) is 24.0 Å². The van der Waals surface area contributed by atoms with Gasteiger partial charge < -0.3 is 10.2 Å². The Bertz CT molecular complexity index is 1300. The van der Waals surface area contributed by atoms with E-state index < -0.39 is 0 Å². The van der Waals surface area contributed by atoms with Gasteiger partial charge in [-0.15, -0.1) is 0 Å². The van der Waals surface area contributed by atoms with Crippen molar-refractivity contribution < 1.29 is 19.8 Å². The highest BCUT2D eigenvalue weighted by atomic mass is 33.1. The van der Waals surface area contributed by atoms with Crippen molar-refractivity contribution in [2.45, 2.75) is 154 Å². The predicted molar refractivity (Wildman–Crippen MR) is 197 cm³/mol. The Labute approximate surface area is 298 Å². The molecule has 0 aromatic rings. The third kappa shape index (κ3) is 4.97. The number of aliphatic hydroxyl groups is 2. The van der Waals surface area contributed by atoms with Crippen LogP contribution in [-0.4, -0.2) is 44.5 Å². The fourth-order valence-electron chi connectivity index (χ4n) is 15.0. The Kier molecular flexibility index (Phi) is 8.62. The Morgan fingerprint density at radius 2 is 1.02 bits per heavy atom. The quantitative estimate of drug-likeness (QED) is 0.221. The first kappa shape index (κ1) is 34.5. The summed E-state index contributed by atoms with van der Waals surface area (Å²) in [6, 6.07) is 0. The van der Waals surface area contributed by atoms with Gasteiger partial charge in [0.1, 0.15) is 11.6 Å². The Morgan fingerprint density at radius 1 is 0.625 bits per heavy atom. The molecule has 2 N–H and O–H groups in total. The number of carbonyl (C=O) groups is 2. The van der Waals surface area contributed by atoms with E-state index >= 15 is 0 Å². The van der Waals surface area contributed by atoms with E-state index in [9.17, 15) is 19.8 Å². The van der Waals surface area contributed by atoms with Gasteiger partial charge in [0.05, 0.1) is 12.2 Å². The zero-order valence-electron chi connectivity index (χ0n) is 30.5. The van der Waals surface area contributed by atoms with E-state index in [4.69, 9.17) is 0 Å². The lowest BCUT2D eigenvalue weighted by atomic mass is 9.47. The molecule has 6 heteroatoms. The van der Waals surface area contributed by atoms with Gasteiger partial charge >= 0.3 is 0 Å². The standard InChI is InChI=1S/C42H62O4S2/c1-23(43)37-35(21-33-29-9-7-25-19-27(45)11-15-39(25,3)31(29)13-17-41(33,37)5)47-48-36-22-34-30-10-8-26-20-28(46)12-16-40(26,4)32(30)14-18-42(34,6)38(36)24(2)44/h7-8,27-38,45-46H,9-22H2,1-6H3/t27-,28+,29-,30-,31-,32-,33-,34-,35+,36-,37-,38-,39-,40+,41-,42+/m1/s1. The number of rotatable bonds is 5. The van der Waals surface area contributed by atoms with Crippen molar-refractivity contribution in [3.63, 3.8) is 0 Å². The van der Waals surface area contributed by atoms with Crippen LogP contribution in [0.2, 0.25) is 0 Å². The molecule has 0 radical (unpaired) electrons. The molecule has 0 aliphatic heterocycles. The van der Waals surface area contributed by atoms with Crippen molar-refractivity contribution in [1.29, 1.82) is 0 Å². The Hall–Kier alpha value is -0.560. The summed E-state index contributed by atoms with van der Waals surface area (Å²) in [5.41, 5.74) is 3.56. The van der Waals surface area contributed by atoms with Crippen LogP contribution < -0.4 is 0 Å². The van der Waals surface area contributed by atoms with Gasteiger partial charge in [-0.25, -0.2) is 0 Å². The second kappa shape index (κ2) is 12.0. The molecule has 48 heavy (non-hydrogen) atoms. The number of Topliss-reactive ketones (excluding diaryl/α,β-unsaturated/α-hetero) is 2. The van der Waals surface area contributed by atoms with Crippen LogP contribution >= 0.6 is 21.6 Å². The fraction of sp³-hybridized carbons (Fsp3) is 0.857. The van der Waals surface area contributed by atoms with Crippen molar-refractivity contribution >= 4 is 33.2 Å². The average molecular weight is 695 g/mol. The van der Waals surface area contributed by atoms with Crippen molar-refractivity contribution in [3.8, 4) is 0 Å². The molecule has 8 rings (SSSR count). The van der Waals surface area contributed by atoms with E-state index in [1.54, 1.807) is 0 Å². The molecule has 8 aliphatic carbocycles. The lowest BCUT2D eigenvalue weighted by Crippen LogP contribution is -2.51. The van der Waals surface area contributed by atoms with Crippen LogP contribution in [0.15, 0.2) is 23.3 Å². The van der Waals surface area contributed by atoms with Gasteiger partial charge in [-0.05, 0) is 161 Å². The molecule has 0 spiro atoms. The summed E-state index contributed by atoms with van der Waals surface area (Å²) in [4.78, 5) is 27.2. The highest BCUT2D eigenvalue weighted by molar-refractivity contribution is 8.77. The molecular formula is C42H62O4S2. The molecule has 8 aliphatic rings. The van der Waals surface area contributed by atoms with Crippen LogP contribution in [0.4, 0.5) is 0 Å². The SMILES string of the molecule is CC(=O)[C@@H]1[C@H](SS[C@H]2C[C@@H]3[C@@H]4CC=C5C[C@H](O)CC[C@@]5(C)[C@@H]4CC[C@@]3(C)[C@@H]2C(C)=O)C[C@@H]2[C@@H]3CC=C4C[C@@H](O)CC[C@]4(C)[C@@H]3CC[C@@]21C. The van der Waals surface area contributed by atoms with Crippen molar-refractivity contribution in [1.82, 2.24) is 0 Å². The smallest absolute Gasteiger partial charge is 0.134 e. The summed E-state index contributed by atoms with van der Waals surface area (Å²) in [6.07, 6.45) is 19.6. The average Bonchev–Trinajstić information content (AvgIpc) is 3.51. The lowest BCUT2D eigenvalue weighted by Gasteiger charge is -2.57. The second-order valence-electron chi connectivity index (χ2n) is 19.3. The second-order valence-corrected chi connectivity index (χ2v) is 22.1. The van der Waals surface area contributed by atoms with Gasteiger partial charge in [-0.1, -0.05) is 72.6 Å². The van der Waals surface area contributed by atoms with E-state index in [0.29, 0.717) is 57.6 Å². The van der Waals surface area contributed by atoms with E-state index in [-0.39, 0.29) is 45.7 Å². The Morgan fingerprint density at radius 3 is 1.40 bits per heavy atom. The van der Waals surface area contributed by atoms with Crippen LogP contribution in [0.1, 0.15) is 131 Å². The summed E-state index contributed by atoms with van der Waals surface area (Å²) < 4.78 is 0. The monoisotopic (exact) mass is 694 g/mol. The van der Waals surface area contributed by atoms with Gasteiger partial charge in [-0.2, -0.15) is 0 Å². The number of hydrogen-bond acceptors (Lipinski definition) is 6. The van der Waals surface area contributed by atoms with Crippen LogP contribution in [0.5, 0.6) is 0 Å². The molecule has 4 nitrogen and oxygen atoms in total. The van der Waals surface area contributed by atoms with E-state index in [1.807, 2.05) is 35.4 Å². The molecule has 0 heterocycles. The molecule has 6 fully saturated rings. The maximum atomic E-state index is 13.6. The number of ketones is 2. The van der Waals surface area contributed by atoms with Crippen LogP contribution in [0.25, 0.3) is 0 Å². The first-order valence-corrected chi connectivity index (χ1v) is 22.1. The summed E-state index contributed by atoms with van der Waals surface area (Å²) in [5.74, 6) is 4.67. The molecule has 0 amide bonds. The highest BCUT2D eigenvalue weighted by Gasteiger charge is 2.64. The van der Waals surface area contributed by atoms with E-state index in [2.05, 4.69) is 39.8 Å². The maximum Gasteiger partial charge on any atom is 0.134 e. The number of hydrogen-bond donors (Lipinski definition) is 2. The zero-order valence-corrected chi connectivity index (χ0v) is 32.1. The first-order valence-electron chi connectivity index (χ1n) is 19.8. The Balaban J connectivity index is 1.02. The summed E-state index contributed by atoms with van der Waals surface area (Å²) in [5, 5.41) is 21.6. The van der Waals surface area contributed by atoms with Crippen LogP contribution in [0.3, 0.4) is 0 Å². The summed E-state index contributed by atoms with van der Waals surface area (Å²) in [7, 11) is 4.02. The van der Waals surface area contributed by atoms with Crippen molar-refractivity contribution in [2.24, 2.45) is 69.0 Å². The molecule has 0 aromatic carbocycles. The van der Waals surface area contributed by atoms with Gasteiger partial charge in [-0.3, -0.25) is 9.59 Å². The summed E-state index contributed by atoms with van der Waals surface area (Å²) >= 11 is 0. The third-order valence-corrected chi connectivity index (χ3v) is 20.7. The number of aliphatic hydroxyl groups excluding tert-OH is 2. The maximum absolute atomic E-state index is 13.6. The van der Waals surface area contributed by atoms with Gasteiger partial charge in [0.25, 0.3) is 0 Å². The van der Waals surface area contributed by atoms with Crippen molar-refractivity contribution in [2.75, 3.05) is 0 Å². The number of fused-ring (bicyclic) bond motifs is 10. The van der Waals surface area contributed by atoms with Gasteiger partial charge in [0.15, 0.2) is 0 Å². The van der Waals surface area contributed by atoms with Crippen LogP contribution in [-0.2, 0) is 9.59 Å². The fourth-order valence-corrected chi connectivity index (χ4v) is 19.1. The minimum Gasteiger partial charge on any atom is -0.393 e. The van der Waals surface area contributed by atoms with E-state index in [0.717, 1.165) is 77.0 Å². The molecule has 0 aromatic heterocycles. The minimum atomic E-state index is -0.177. The van der Waals surface area contributed by atoms with Gasteiger partial charge in [0, 0.05) is 22.3 Å². The third-order valence-electron chi connectivity index (χ3n) is 17.3. The van der Waals surface area contributed by atoms with Crippen LogP contribution in [0, 0.1) is 69.0 Å². The largest absolute Gasteiger partial charge is 0.393 e.